The summed E-state index contributed by atoms with van der Waals surface area (Å²) >= 11 is 5.33. The summed E-state index contributed by atoms with van der Waals surface area (Å²) in [7, 11) is 0. The van der Waals surface area contributed by atoms with E-state index in [2.05, 4.69) is 5.16 Å². The number of oxime groups is 1. The maximum Gasteiger partial charge on any atom is 0.168 e. The molecule has 0 amide bonds. The van der Waals surface area contributed by atoms with E-state index in [9.17, 15) is 9.90 Å². The average Bonchev–Trinajstić information content (AvgIpc) is 2.31. The van der Waals surface area contributed by atoms with Gasteiger partial charge in [-0.2, -0.15) is 0 Å². The Kier molecular flexibility index (Phi) is 5.77. The van der Waals surface area contributed by atoms with Crippen LogP contribution in [0.2, 0.25) is 0 Å². The van der Waals surface area contributed by atoms with Gasteiger partial charge in [0.2, 0.25) is 0 Å². The Labute approximate surface area is 106 Å². The highest BCUT2D eigenvalue weighted by molar-refractivity contribution is 6.25. The van der Waals surface area contributed by atoms with Crippen molar-refractivity contribution in [1.29, 1.82) is 0 Å². The second-order valence-corrected chi connectivity index (χ2v) is 3.90. The van der Waals surface area contributed by atoms with Gasteiger partial charge in [0.05, 0.1) is 11.3 Å². The average molecular weight is 258 g/mol. The van der Waals surface area contributed by atoms with Crippen molar-refractivity contribution in [2.24, 2.45) is 5.16 Å². The molecule has 0 heterocycles. The van der Waals surface area contributed by atoms with Gasteiger partial charge in [0.1, 0.15) is 12.4 Å². The molecule has 1 aliphatic rings. The topological polar surface area (TPSA) is 58.9 Å². The van der Waals surface area contributed by atoms with Crippen LogP contribution in [-0.4, -0.2) is 23.2 Å². The highest BCUT2D eigenvalue weighted by Gasteiger charge is 2.24. The first-order chi connectivity index (χ1) is 8.20. The highest BCUT2D eigenvalue weighted by Crippen LogP contribution is 2.22. The molecule has 0 aromatic heterocycles. The number of carbonyl (C=O) groups is 1. The van der Waals surface area contributed by atoms with Crippen LogP contribution in [0.1, 0.15) is 32.6 Å². The number of carbonyl (C=O) groups excluding carboxylic acids is 1. The van der Waals surface area contributed by atoms with Crippen molar-refractivity contribution >= 4 is 23.1 Å². The van der Waals surface area contributed by atoms with Crippen LogP contribution in [0.3, 0.4) is 0 Å². The smallest absolute Gasteiger partial charge is 0.168 e. The number of aliphatic hydroxyl groups excluding tert-OH is 1. The van der Waals surface area contributed by atoms with Crippen molar-refractivity contribution in [1.82, 2.24) is 0 Å². The number of hydrogen-bond acceptors (Lipinski definition) is 4. The predicted octanol–water partition coefficient (Wildman–Crippen LogP) is 3.09. The van der Waals surface area contributed by atoms with Crippen molar-refractivity contribution < 1.29 is 14.7 Å². The maximum absolute atomic E-state index is 11.7. The Hall–Kier alpha value is -1.29. The Morgan fingerprint density at radius 3 is 2.94 bits per heavy atom. The lowest BCUT2D eigenvalue weighted by atomic mass is 9.92. The zero-order chi connectivity index (χ0) is 12.7. The first-order valence-corrected chi connectivity index (χ1v) is 6.04. The molecule has 4 nitrogen and oxygen atoms in total. The van der Waals surface area contributed by atoms with Gasteiger partial charge in [-0.1, -0.05) is 23.7 Å². The molecule has 0 bridgehead atoms. The van der Waals surface area contributed by atoms with E-state index in [0.29, 0.717) is 37.0 Å². The van der Waals surface area contributed by atoms with Gasteiger partial charge in [-0.3, -0.25) is 4.79 Å². The summed E-state index contributed by atoms with van der Waals surface area (Å²) in [4.78, 5) is 16.7. The molecule has 94 valence electrons. The van der Waals surface area contributed by atoms with E-state index >= 15 is 0 Å². The minimum Gasteiger partial charge on any atom is -0.511 e. The summed E-state index contributed by atoms with van der Waals surface area (Å²) in [5, 5.41) is 13.6. The van der Waals surface area contributed by atoms with Crippen molar-refractivity contribution in [3.8, 4) is 0 Å². The Balaban J connectivity index is 2.81. The van der Waals surface area contributed by atoms with Gasteiger partial charge in [-0.25, -0.2) is 0 Å². The van der Waals surface area contributed by atoms with Crippen LogP contribution >= 0.6 is 11.6 Å². The molecule has 0 aliphatic heterocycles. The standard InChI is InChI=1S/C12H16ClNO3/c1-2-9(14-17-8-4-7-13)12-10(15)5-3-6-11(12)16/h4,7,15H,2-3,5-6,8H2,1H3/b7-4+,14-9+. The molecule has 0 aromatic carbocycles. The number of allylic oxidation sites excluding steroid dienone is 2. The molecule has 0 saturated carbocycles. The van der Waals surface area contributed by atoms with Crippen LogP contribution in [0.4, 0.5) is 0 Å². The number of hydrogen-bond donors (Lipinski definition) is 1. The predicted molar refractivity (Wildman–Crippen MR) is 67.2 cm³/mol. The first kappa shape index (κ1) is 13.8. The number of aliphatic hydroxyl groups is 1. The van der Waals surface area contributed by atoms with E-state index in [0.717, 1.165) is 0 Å². The monoisotopic (exact) mass is 257 g/mol. The van der Waals surface area contributed by atoms with Crippen molar-refractivity contribution in [3.05, 3.63) is 22.9 Å². The zero-order valence-electron chi connectivity index (χ0n) is 9.78. The summed E-state index contributed by atoms with van der Waals surface area (Å²) in [5.41, 5.74) is 2.16. The fraction of sp³-hybridized carbons (Fsp3) is 0.500. The summed E-state index contributed by atoms with van der Waals surface area (Å²) in [5.74, 6) is 0.0594. The number of ketones is 1. The number of Topliss-reactive ketones (excluding diaryl/α,β-unsaturated/α-hetero) is 1. The molecule has 1 rings (SSSR count). The van der Waals surface area contributed by atoms with Gasteiger partial charge in [-0.15, -0.1) is 0 Å². The van der Waals surface area contributed by atoms with Crippen LogP contribution < -0.4 is 0 Å². The molecular formula is C12H16ClNO3. The Bertz CT molecular complexity index is 372. The van der Waals surface area contributed by atoms with Crippen molar-refractivity contribution in [2.45, 2.75) is 32.6 Å². The summed E-state index contributed by atoms with van der Waals surface area (Å²) in [6, 6.07) is 0. The van der Waals surface area contributed by atoms with Crippen LogP contribution in [0.5, 0.6) is 0 Å². The van der Waals surface area contributed by atoms with Crippen LogP contribution in [0.15, 0.2) is 28.1 Å². The summed E-state index contributed by atoms with van der Waals surface area (Å²) < 4.78 is 0. The summed E-state index contributed by atoms with van der Waals surface area (Å²) in [6.45, 7) is 2.11. The van der Waals surface area contributed by atoms with Gasteiger partial charge in [-0.05, 0) is 18.9 Å². The Morgan fingerprint density at radius 1 is 1.59 bits per heavy atom. The van der Waals surface area contributed by atoms with Gasteiger partial charge in [0.15, 0.2) is 5.78 Å². The third-order valence-electron chi connectivity index (χ3n) is 2.44. The molecule has 1 aliphatic carbocycles. The summed E-state index contributed by atoms with van der Waals surface area (Å²) in [6.07, 6.45) is 3.81. The molecule has 1 N–H and O–H groups in total. The fourth-order valence-electron chi connectivity index (χ4n) is 1.64. The lowest BCUT2D eigenvalue weighted by Gasteiger charge is -2.15. The van der Waals surface area contributed by atoms with Crippen molar-refractivity contribution in [2.75, 3.05) is 6.61 Å². The lowest BCUT2D eigenvalue weighted by molar-refractivity contribution is -0.115. The number of rotatable bonds is 5. The molecule has 0 radical (unpaired) electrons. The van der Waals surface area contributed by atoms with Gasteiger partial charge in [0, 0.05) is 18.4 Å². The third-order valence-corrected chi connectivity index (χ3v) is 2.62. The minimum absolute atomic E-state index is 0.0640. The van der Waals surface area contributed by atoms with Crippen LogP contribution in [0.25, 0.3) is 0 Å². The van der Waals surface area contributed by atoms with Gasteiger partial charge < -0.3 is 9.94 Å². The molecule has 0 unspecified atom stereocenters. The SMILES string of the molecule is CC/C(=N\OC/C=C/Cl)C1=C(O)CCCC1=O. The molecule has 5 heteroatoms. The Morgan fingerprint density at radius 2 is 2.35 bits per heavy atom. The fourth-order valence-corrected chi connectivity index (χ4v) is 1.71. The number of halogens is 1. The van der Waals surface area contributed by atoms with Gasteiger partial charge >= 0.3 is 0 Å². The zero-order valence-corrected chi connectivity index (χ0v) is 10.5. The molecule has 0 aromatic rings. The third kappa shape index (κ3) is 3.89. The van der Waals surface area contributed by atoms with Gasteiger partial charge in [0.25, 0.3) is 0 Å². The quantitative estimate of drug-likeness (QED) is 0.468. The van der Waals surface area contributed by atoms with Crippen molar-refractivity contribution in [3.63, 3.8) is 0 Å². The minimum atomic E-state index is -0.0640. The van der Waals surface area contributed by atoms with E-state index < -0.39 is 0 Å². The molecule has 0 atom stereocenters. The van der Waals surface area contributed by atoms with E-state index in [-0.39, 0.29) is 18.1 Å². The number of nitrogens with zero attached hydrogens (tertiary/aromatic N) is 1. The first-order valence-electron chi connectivity index (χ1n) is 5.60. The molecule has 0 spiro atoms. The maximum atomic E-state index is 11.7. The second-order valence-electron chi connectivity index (χ2n) is 3.65. The lowest BCUT2D eigenvalue weighted by Crippen LogP contribution is -2.19. The molecular weight excluding hydrogens is 242 g/mol. The molecule has 0 saturated heterocycles. The molecule has 0 fully saturated rings. The van der Waals surface area contributed by atoms with E-state index in [4.69, 9.17) is 16.4 Å². The van der Waals surface area contributed by atoms with E-state index in [1.54, 1.807) is 6.08 Å². The van der Waals surface area contributed by atoms with Crippen LogP contribution in [0, 0.1) is 0 Å². The largest absolute Gasteiger partial charge is 0.511 e. The molecule has 17 heavy (non-hydrogen) atoms. The van der Waals surface area contributed by atoms with Crippen LogP contribution in [-0.2, 0) is 9.63 Å². The van der Waals surface area contributed by atoms with E-state index in [1.165, 1.54) is 5.54 Å². The highest BCUT2D eigenvalue weighted by atomic mass is 35.5. The normalized spacial score (nSPS) is 18.0. The second kappa shape index (κ2) is 7.12. The van der Waals surface area contributed by atoms with E-state index in [1.807, 2.05) is 6.92 Å².